The summed E-state index contributed by atoms with van der Waals surface area (Å²) in [5, 5.41) is 14.4. The average molecular weight is 314 g/mol. The van der Waals surface area contributed by atoms with Crippen LogP contribution < -0.4 is 10.1 Å². The fourth-order valence-electron chi connectivity index (χ4n) is 1.68. The summed E-state index contributed by atoms with van der Waals surface area (Å²) in [4.78, 5) is 1.22. The molecule has 5 heteroatoms. The number of hydrogen-bond donors (Lipinski definition) is 2. The van der Waals surface area contributed by atoms with Gasteiger partial charge in [-0.3, -0.25) is 0 Å². The highest BCUT2D eigenvalue weighted by molar-refractivity contribution is 7.09. The summed E-state index contributed by atoms with van der Waals surface area (Å²) in [6, 6.07) is 12.1. The smallest absolute Gasteiger partial charge is 0.122 e. The van der Waals surface area contributed by atoms with Crippen molar-refractivity contribution in [2.75, 3.05) is 6.54 Å². The van der Waals surface area contributed by atoms with Crippen LogP contribution in [0.1, 0.15) is 17.4 Å². The molecule has 0 amide bonds. The van der Waals surface area contributed by atoms with Gasteiger partial charge in [-0.2, -0.15) is 0 Å². The molecule has 0 fully saturated rings. The molecule has 3 nitrogen and oxygen atoms in total. The van der Waals surface area contributed by atoms with Gasteiger partial charge >= 0.3 is 0 Å². The minimum atomic E-state index is -0.312. The lowest BCUT2D eigenvalue weighted by atomic mass is 10.2. The summed E-state index contributed by atoms with van der Waals surface area (Å²) < 4.78 is 5.70. The zero-order valence-corrected chi connectivity index (χ0v) is 13.0. The number of hydrogen-bond acceptors (Lipinski definition) is 4. The molecule has 1 unspecified atom stereocenters. The first-order chi connectivity index (χ1) is 9.24. The minimum Gasteiger partial charge on any atom is -0.488 e. The molecule has 0 aliphatic heterocycles. The molecule has 1 aromatic heterocycles. The first-order valence-corrected chi connectivity index (χ1v) is 7.25. The van der Waals surface area contributed by atoms with Gasteiger partial charge in [0, 0.05) is 18.0 Å². The highest BCUT2D eigenvalue weighted by Crippen LogP contribution is 2.16. The Kier molecular flexibility index (Phi) is 7.62. The van der Waals surface area contributed by atoms with E-state index in [-0.39, 0.29) is 18.5 Å². The molecule has 0 aliphatic rings. The Morgan fingerprint density at radius 3 is 2.60 bits per heavy atom. The monoisotopic (exact) mass is 313 g/mol. The summed E-state index contributed by atoms with van der Waals surface area (Å²) in [6.45, 7) is 3.76. The van der Waals surface area contributed by atoms with Crippen molar-refractivity contribution in [2.24, 2.45) is 0 Å². The number of benzene rings is 1. The maximum atomic E-state index is 9.15. The molecule has 0 spiro atoms. The van der Waals surface area contributed by atoms with Gasteiger partial charge in [0.15, 0.2) is 0 Å². The first kappa shape index (κ1) is 17.0. The van der Waals surface area contributed by atoms with Crippen LogP contribution in [-0.2, 0) is 13.2 Å². The van der Waals surface area contributed by atoms with Crippen LogP contribution in [0, 0.1) is 0 Å². The van der Waals surface area contributed by atoms with Crippen molar-refractivity contribution in [3.05, 3.63) is 52.2 Å². The molecule has 2 rings (SSSR count). The Hall–Kier alpha value is -1.07. The van der Waals surface area contributed by atoms with Gasteiger partial charge in [-0.25, -0.2) is 0 Å². The molecule has 20 heavy (non-hydrogen) atoms. The number of ether oxygens (including phenoxy) is 1. The fourth-order valence-corrected chi connectivity index (χ4v) is 2.29. The van der Waals surface area contributed by atoms with E-state index in [1.54, 1.807) is 18.3 Å². The minimum absolute atomic E-state index is 0. The molecular formula is C15H20ClNO2S. The average Bonchev–Trinajstić information content (AvgIpc) is 2.90. The lowest BCUT2D eigenvalue weighted by molar-refractivity contribution is 0.191. The third-order valence-corrected chi connectivity index (χ3v) is 3.50. The molecule has 1 atom stereocenters. The molecule has 0 aliphatic carbocycles. The van der Waals surface area contributed by atoms with E-state index in [2.05, 4.69) is 16.8 Å². The van der Waals surface area contributed by atoms with Crippen LogP contribution in [0.15, 0.2) is 41.8 Å². The number of rotatable bonds is 7. The largest absolute Gasteiger partial charge is 0.488 e. The standard InChI is InChI=1S/C15H19NO2S.ClH/c1-12(17)9-16-10-13-4-6-14(7-5-13)18-11-15-3-2-8-19-15;/h2-8,12,16-17H,9-11H2,1H3;1H. The first-order valence-electron chi connectivity index (χ1n) is 6.37. The van der Waals surface area contributed by atoms with Crippen LogP contribution in [0.2, 0.25) is 0 Å². The fraction of sp³-hybridized carbons (Fsp3) is 0.333. The lowest BCUT2D eigenvalue weighted by Gasteiger charge is -2.08. The molecule has 2 aromatic rings. The lowest BCUT2D eigenvalue weighted by Crippen LogP contribution is -2.23. The Morgan fingerprint density at radius 1 is 1.25 bits per heavy atom. The maximum absolute atomic E-state index is 9.15. The van der Waals surface area contributed by atoms with Crippen molar-refractivity contribution in [3.63, 3.8) is 0 Å². The topological polar surface area (TPSA) is 41.5 Å². The summed E-state index contributed by atoms with van der Waals surface area (Å²) in [7, 11) is 0. The van der Waals surface area contributed by atoms with E-state index in [4.69, 9.17) is 9.84 Å². The summed E-state index contributed by atoms with van der Waals surface area (Å²) in [5.74, 6) is 0.882. The van der Waals surface area contributed by atoms with Gasteiger partial charge in [0.1, 0.15) is 12.4 Å². The molecule has 2 N–H and O–H groups in total. The zero-order valence-electron chi connectivity index (χ0n) is 11.4. The number of halogens is 1. The molecular weight excluding hydrogens is 294 g/mol. The highest BCUT2D eigenvalue weighted by Gasteiger charge is 1.99. The molecule has 0 radical (unpaired) electrons. The third-order valence-electron chi connectivity index (χ3n) is 2.65. The Balaban J connectivity index is 0.00000200. The third kappa shape index (κ3) is 5.92. The van der Waals surface area contributed by atoms with Gasteiger partial charge in [0.2, 0.25) is 0 Å². The SMILES string of the molecule is CC(O)CNCc1ccc(OCc2cccs2)cc1.Cl. The Bertz CT molecular complexity index is 471. The van der Waals surface area contributed by atoms with E-state index < -0.39 is 0 Å². The van der Waals surface area contributed by atoms with Crippen molar-refractivity contribution in [3.8, 4) is 5.75 Å². The van der Waals surface area contributed by atoms with Gasteiger partial charge in [-0.1, -0.05) is 18.2 Å². The van der Waals surface area contributed by atoms with Crippen molar-refractivity contribution in [1.82, 2.24) is 5.32 Å². The normalized spacial score (nSPS) is 11.7. The van der Waals surface area contributed by atoms with Crippen LogP contribution in [-0.4, -0.2) is 17.8 Å². The Labute approximate surface area is 130 Å². The van der Waals surface area contributed by atoms with Crippen LogP contribution in [0.3, 0.4) is 0 Å². The number of nitrogens with one attached hydrogen (secondary N) is 1. The van der Waals surface area contributed by atoms with Crippen molar-refractivity contribution in [1.29, 1.82) is 0 Å². The predicted molar refractivity (Wildman–Crippen MR) is 85.7 cm³/mol. The molecule has 110 valence electrons. The zero-order chi connectivity index (χ0) is 13.5. The second kappa shape index (κ2) is 8.97. The summed E-state index contributed by atoms with van der Waals surface area (Å²) in [6.07, 6.45) is -0.312. The predicted octanol–water partition coefficient (Wildman–Crippen LogP) is 3.22. The number of aliphatic hydroxyl groups excluding tert-OH is 1. The van der Waals surface area contributed by atoms with Gasteiger partial charge in [0.25, 0.3) is 0 Å². The van der Waals surface area contributed by atoms with E-state index >= 15 is 0 Å². The van der Waals surface area contributed by atoms with Gasteiger partial charge in [-0.15, -0.1) is 23.7 Å². The van der Waals surface area contributed by atoms with E-state index in [1.807, 2.05) is 30.3 Å². The number of thiophene rings is 1. The van der Waals surface area contributed by atoms with Crippen molar-refractivity contribution < 1.29 is 9.84 Å². The van der Waals surface area contributed by atoms with Crippen molar-refractivity contribution in [2.45, 2.75) is 26.2 Å². The van der Waals surface area contributed by atoms with Gasteiger partial charge in [0.05, 0.1) is 6.10 Å². The summed E-state index contributed by atoms with van der Waals surface area (Å²) >= 11 is 1.70. The van der Waals surface area contributed by atoms with E-state index in [0.717, 1.165) is 12.3 Å². The van der Waals surface area contributed by atoms with E-state index in [1.165, 1.54) is 10.4 Å². The van der Waals surface area contributed by atoms with Crippen LogP contribution in [0.5, 0.6) is 5.75 Å². The Morgan fingerprint density at radius 2 is 2.00 bits per heavy atom. The van der Waals surface area contributed by atoms with Gasteiger partial charge in [-0.05, 0) is 36.1 Å². The van der Waals surface area contributed by atoms with Crippen LogP contribution in [0.25, 0.3) is 0 Å². The molecule has 1 heterocycles. The van der Waals surface area contributed by atoms with E-state index in [9.17, 15) is 0 Å². The van der Waals surface area contributed by atoms with E-state index in [0.29, 0.717) is 13.2 Å². The molecule has 0 saturated heterocycles. The maximum Gasteiger partial charge on any atom is 0.122 e. The molecule has 0 saturated carbocycles. The van der Waals surface area contributed by atoms with Crippen molar-refractivity contribution >= 4 is 23.7 Å². The summed E-state index contributed by atoms with van der Waals surface area (Å²) in [5.41, 5.74) is 1.18. The highest BCUT2D eigenvalue weighted by atomic mass is 35.5. The molecule has 0 bridgehead atoms. The second-order valence-corrected chi connectivity index (χ2v) is 5.52. The quantitative estimate of drug-likeness (QED) is 0.824. The van der Waals surface area contributed by atoms with Crippen LogP contribution >= 0.6 is 23.7 Å². The number of aliphatic hydroxyl groups is 1. The second-order valence-electron chi connectivity index (χ2n) is 4.49. The van der Waals surface area contributed by atoms with Gasteiger partial charge < -0.3 is 15.2 Å². The van der Waals surface area contributed by atoms with Crippen LogP contribution in [0.4, 0.5) is 0 Å². The molecule has 1 aromatic carbocycles.